The van der Waals surface area contributed by atoms with E-state index in [0.717, 1.165) is 6.54 Å². The molecule has 3 nitrogen and oxygen atoms in total. The highest BCUT2D eigenvalue weighted by Crippen LogP contribution is 2.33. The van der Waals surface area contributed by atoms with Crippen molar-refractivity contribution in [3.63, 3.8) is 0 Å². The van der Waals surface area contributed by atoms with Crippen molar-refractivity contribution in [1.29, 1.82) is 0 Å². The number of aromatic nitrogens is 2. The third kappa shape index (κ3) is 1.69. The van der Waals surface area contributed by atoms with Gasteiger partial charge in [-0.15, -0.1) is 0 Å². The smallest absolute Gasteiger partial charge is 0.0554 e. The average molecular weight is 193 g/mol. The Hall–Kier alpha value is -0.830. The molecule has 1 atom stereocenters. The van der Waals surface area contributed by atoms with Crippen LogP contribution in [0.2, 0.25) is 0 Å². The Morgan fingerprint density at radius 2 is 2.29 bits per heavy atom. The molecule has 0 amide bonds. The van der Waals surface area contributed by atoms with E-state index in [1.54, 1.807) is 0 Å². The Kier molecular flexibility index (Phi) is 2.87. The van der Waals surface area contributed by atoms with Gasteiger partial charge in [0.05, 0.1) is 5.69 Å². The topological polar surface area (TPSA) is 43.8 Å². The van der Waals surface area contributed by atoms with Crippen LogP contribution in [-0.4, -0.2) is 9.78 Å². The first-order valence-corrected chi connectivity index (χ1v) is 5.60. The highest BCUT2D eigenvalue weighted by atomic mass is 15.3. The first-order valence-electron chi connectivity index (χ1n) is 5.60. The van der Waals surface area contributed by atoms with E-state index in [1.165, 1.54) is 31.4 Å². The number of rotatable bonds is 3. The molecular formula is C11H19N3. The second-order valence-corrected chi connectivity index (χ2v) is 4.14. The lowest BCUT2D eigenvalue weighted by atomic mass is 9.96. The molecule has 0 saturated heterocycles. The molecule has 0 radical (unpaired) electrons. The molecule has 1 saturated carbocycles. The summed E-state index contributed by atoms with van der Waals surface area (Å²) >= 11 is 0. The van der Waals surface area contributed by atoms with E-state index in [-0.39, 0.29) is 6.04 Å². The molecule has 1 unspecified atom stereocenters. The van der Waals surface area contributed by atoms with E-state index in [9.17, 15) is 0 Å². The molecule has 1 aromatic rings. The van der Waals surface area contributed by atoms with Crippen molar-refractivity contribution in [2.75, 3.05) is 0 Å². The molecular weight excluding hydrogens is 174 g/mol. The maximum Gasteiger partial charge on any atom is 0.0554 e. The van der Waals surface area contributed by atoms with Crippen molar-refractivity contribution < 1.29 is 0 Å². The van der Waals surface area contributed by atoms with Gasteiger partial charge >= 0.3 is 0 Å². The van der Waals surface area contributed by atoms with Crippen molar-refractivity contribution in [2.45, 2.75) is 45.2 Å². The van der Waals surface area contributed by atoms with Crippen LogP contribution in [0.15, 0.2) is 12.3 Å². The highest BCUT2D eigenvalue weighted by Gasteiger charge is 2.25. The Morgan fingerprint density at radius 1 is 1.57 bits per heavy atom. The first kappa shape index (κ1) is 9.71. The molecule has 2 N–H and O–H groups in total. The third-order valence-corrected chi connectivity index (χ3v) is 3.30. The molecule has 1 heterocycles. The lowest BCUT2D eigenvalue weighted by molar-refractivity contribution is 0.415. The molecule has 1 aliphatic rings. The van der Waals surface area contributed by atoms with Gasteiger partial charge in [-0.05, 0) is 31.7 Å². The molecule has 0 bridgehead atoms. The van der Waals surface area contributed by atoms with E-state index in [2.05, 4.69) is 18.1 Å². The van der Waals surface area contributed by atoms with Gasteiger partial charge in [0.15, 0.2) is 0 Å². The lowest BCUT2D eigenvalue weighted by Gasteiger charge is -2.19. The Morgan fingerprint density at radius 3 is 2.93 bits per heavy atom. The van der Waals surface area contributed by atoms with Crippen molar-refractivity contribution in [3.05, 3.63) is 18.0 Å². The van der Waals surface area contributed by atoms with Gasteiger partial charge in [0, 0.05) is 18.8 Å². The summed E-state index contributed by atoms with van der Waals surface area (Å²) < 4.78 is 2.02. The van der Waals surface area contributed by atoms with Gasteiger partial charge in [0.25, 0.3) is 0 Å². The van der Waals surface area contributed by atoms with Gasteiger partial charge in [-0.3, -0.25) is 4.68 Å². The molecule has 0 spiro atoms. The minimum Gasteiger partial charge on any atom is -0.322 e. The van der Waals surface area contributed by atoms with E-state index in [0.29, 0.717) is 5.92 Å². The van der Waals surface area contributed by atoms with Gasteiger partial charge in [-0.25, -0.2) is 0 Å². The van der Waals surface area contributed by atoms with E-state index in [1.807, 2.05) is 10.9 Å². The predicted octanol–water partition coefficient (Wildman–Crippen LogP) is 2.09. The van der Waals surface area contributed by atoms with Crippen LogP contribution in [-0.2, 0) is 6.54 Å². The maximum atomic E-state index is 6.26. The van der Waals surface area contributed by atoms with Gasteiger partial charge in [0.2, 0.25) is 0 Å². The van der Waals surface area contributed by atoms with Gasteiger partial charge in [-0.1, -0.05) is 12.8 Å². The van der Waals surface area contributed by atoms with Gasteiger partial charge in [-0.2, -0.15) is 5.10 Å². The Bertz CT molecular complexity index is 286. The quantitative estimate of drug-likeness (QED) is 0.798. The highest BCUT2D eigenvalue weighted by molar-refractivity contribution is 5.08. The zero-order chi connectivity index (χ0) is 9.97. The van der Waals surface area contributed by atoms with Gasteiger partial charge < -0.3 is 5.73 Å². The Labute approximate surface area is 85.3 Å². The lowest BCUT2D eigenvalue weighted by Crippen LogP contribution is -2.22. The summed E-state index contributed by atoms with van der Waals surface area (Å²) in [7, 11) is 0. The molecule has 1 aromatic heterocycles. The minimum absolute atomic E-state index is 0.194. The van der Waals surface area contributed by atoms with Crippen molar-refractivity contribution in [3.8, 4) is 0 Å². The van der Waals surface area contributed by atoms with E-state index in [4.69, 9.17) is 5.73 Å². The van der Waals surface area contributed by atoms with Gasteiger partial charge in [0.1, 0.15) is 0 Å². The molecule has 3 heteroatoms. The van der Waals surface area contributed by atoms with Crippen molar-refractivity contribution >= 4 is 0 Å². The predicted molar refractivity (Wildman–Crippen MR) is 56.8 cm³/mol. The zero-order valence-electron chi connectivity index (χ0n) is 8.82. The zero-order valence-corrected chi connectivity index (χ0v) is 8.82. The monoisotopic (exact) mass is 193 g/mol. The van der Waals surface area contributed by atoms with Crippen LogP contribution in [0.1, 0.15) is 44.3 Å². The molecule has 2 rings (SSSR count). The fourth-order valence-electron chi connectivity index (χ4n) is 2.45. The van der Waals surface area contributed by atoms with Crippen LogP contribution in [0, 0.1) is 5.92 Å². The molecule has 14 heavy (non-hydrogen) atoms. The number of hydrogen-bond donors (Lipinski definition) is 1. The normalized spacial score (nSPS) is 20.1. The summed E-state index contributed by atoms with van der Waals surface area (Å²) in [6, 6.07) is 2.26. The van der Waals surface area contributed by atoms with Crippen LogP contribution in [0.4, 0.5) is 0 Å². The Balaban J connectivity index is 2.12. The van der Waals surface area contributed by atoms with E-state index < -0.39 is 0 Å². The van der Waals surface area contributed by atoms with Crippen LogP contribution in [0.25, 0.3) is 0 Å². The van der Waals surface area contributed by atoms with Crippen LogP contribution in [0.5, 0.6) is 0 Å². The van der Waals surface area contributed by atoms with Crippen molar-refractivity contribution in [2.24, 2.45) is 11.7 Å². The summed E-state index contributed by atoms with van der Waals surface area (Å²) in [6.45, 7) is 3.03. The van der Waals surface area contributed by atoms with Crippen LogP contribution in [0.3, 0.4) is 0 Å². The van der Waals surface area contributed by atoms with Crippen LogP contribution < -0.4 is 5.73 Å². The maximum absolute atomic E-state index is 6.26. The van der Waals surface area contributed by atoms with Crippen molar-refractivity contribution in [1.82, 2.24) is 9.78 Å². The number of nitrogens with zero attached hydrogens (tertiary/aromatic N) is 2. The second-order valence-electron chi connectivity index (χ2n) is 4.14. The average Bonchev–Trinajstić information content (AvgIpc) is 2.87. The first-order chi connectivity index (χ1) is 6.83. The summed E-state index contributed by atoms with van der Waals surface area (Å²) in [5, 5.41) is 4.26. The fraction of sp³-hybridized carbons (Fsp3) is 0.727. The second kappa shape index (κ2) is 4.13. The molecule has 1 aliphatic carbocycles. The number of aryl methyl sites for hydroxylation is 1. The summed E-state index contributed by atoms with van der Waals surface area (Å²) in [5.41, 5.74) is 7.47. The molecule has 0 aliphatic heterocycles. The largest absolute Gasteiger partial charge is 0.322 e. The third-order valence-electron chi connectivity index (χ3n) is 3.30. The fourth-order valence-corrected chi connectivity index (χ4v) is 2.45. The summed E-state index contributed by atoms with van der Waals surface area (Å²) in [6.07, 6.45) is 7.12. The molecule has 1 fully saturated rings. The summed E-state index contributed by atoms with van der Waals surface area (Å²) in [4.78, 5) is 0. The van der Waals surface area contributed by atoms with E-state index >= 15 is 0 Å². The number of nitrogens with two attached hydrogens (primary N) is 1. The molecule has 78 valence electrons. The standard InChI is InChI=1S/C11H19N3/c1-2-14-10(7-8-13-14)11(12)9-5-3-4-6-9/h7-9,11H,2-6,12H2,1H3. The minimum atomic E-state index is 0.194. The van der Waals surface area contributed by atoms with Crippen LogP contribution >= 0.6 is 0 Å². The molecule has 0 aromatic carbocycles. The SMILES string of the molecule is CCn1nccc1C(N)C1CCCC1. The number of hydrogen-bond acceptors (Lipinski definition) is 2. The summed E-state index contributed by atoms with van der Waals surface area (Å²) in [5.74, 6) is 0.678.